The third-order valence-electron chi connectivity index (χ3n) is 2.94. The molecule has 1 aliphatic carbocycles. The summed E-state index contributed by atoms with van der Waals surface area (Å²) >= 11 is 0. The van der Waals surface area contributed by atoms with Crippen molar-refractivity contribution in [3.8, 4) is 0 Å². The van der Waals surface area contributed by atoms with Gasteiger partial charge in [0.1, 0.15) is 0 Å². The molecule has 0 aromatic rings. The molecular weight excluding hydrogens is 134 g/mol. The van der Waals surface area contributed by atoms with Gasteiger partial charge in [-0.05, 0) is 30.6 Å². The highest BCUT2D eigenvalue weighted by Gasteiger charge is 2.28. The lowest BCUT2D eigenvalue weighted by molar-refractivity contribution is 0.166. The minimum Gasteiger partial charge on any atom is -0.328 e. The zero-order valence-corrected chi connectivity index (χ0v) is 8.06. The van der Waals surface area contributed by atoms with Crippen molar-refractivity contribution in [1.82, 2.24) is 0 Å². The van der Waals surface area contributed by atoms with Crippen LogP contribution in [-0.4, -0.2) is 6.04 Å². The van der Waals surface area contributed by atoms with Gasteiger partial charge in [-0.3, -0.25) is 0 Å². The lowest BCUT2D eigenvalue weighted by Crippen LogP contribution is -2.33. The smallest absolute Gasteiger partial charge is 0.00416 e. The zero-order chi connectivity index (χ0) is 8.48. The van der Waals surface area contributed by atoms with Crippen LogP contribution in [0.4, 0.5) is 0 Å². The van der Waals surface area contributed by atoms with Crippen LogP contribution in [-0.2, 0) is 0 Å². The van der Waals surface area contributed by atoms with Crippen molar-refractivity contribution in [2.75, 3.05) is 0 Å². The van der Waals surface area contributed by atoms with Crippen molar-refractivity contribution in [2.45, 2.75) is 52.5 Å². The molecular formula is C10H21N. The molecule has 1 nitrogen and oxygen atoms in total. The summed E-state index contributed by atoms with van der Waals surface area (Å²) in [5.74, 6) is 0.853. The van der Waals surface area contributed by atoms with Gasteiger partial charge in [-0.1, -0.05) is 27.2 Å². The maximum absolute atomic E-state index is 5.92. The minimum absolute atomic E-state index is 0.470. The predicted molar refractivity (Wildman–Crippen MR) is 49.4 cm³/mol. The highest BCUT2D eigenvalue weighted by Crippen LogP contribution is 2.36. The van der Waals surface area contributed by atoms with E-state index in [1.165, 1.54) is 25.7 Å². The highest BCUT2D eigenvalue weighted by atomic mass is 14.6. The van der Waals surface area contributed by atoms with Crippen LogP contribution in [0.15, 0.2) is 0 Å². The van der Waals surface area contributed by atoms with Crippen molar-refractivity contribution in [2.24, 2.45) is 17.1 Å². The second kappa shape index (κ2) is 3.14. The SMILES string of the molecule is CC(C)(C)[C@H]1CCC[C@@H](N)C1. The molecule has 0 aromatic carbocycles. The highest BCUT2D eigenvalue weighted by molar-refractivity contribution is 4.82. The first-order valence-electron chi connectivity index (χ1n) is 4.76. The van der Waals surface area contributed by atoms with Gasteiger partial charge in [-0.25, -0.2) is 0 Å². The third-order valence-corrected chi connectivity index (χ3v) is 2.94. The lowest BCUT2D eigenvalue weighted by Gasteiger charge is -2.36. The average molecular weight is 155 g/mol. The Labute approximate surface area is 70.4 Å². The Bertz CT molecular complexity index is 123. The number of nitrogens with two attached hydrogens (primary N) is 1. The summed E-state index contributed by atoms with van der Waals surface area (Å²) in [7, 11) is 0. The van der Waals surface area contributed by atoms with Gasteiger partial charge in [-0.15, -0.1) is 0 Å². The van der Waals surface area contributed by atoms with E-state index >= 15 is 0 Å². The van der Waals surface area contributed by atoms with Crippen molar-refractivity contribution in [3.05, 3.63) is 0 Å². The van der Waals surface area contributed by atoms with E-state index in [2.05, 4.69) is 20.8 Å². The molecule has 0 heterocycles. The van der Waals surface area contributed by atoms with Crippen molar-refractivity contribution >= 4 is 0 Å². The van der Waals surface area contributed by atoms with Crippen molar-refractivity contribution in [1.29, 1.82) is 0 Å². The molecule has 0 bridgehead atoms. The first kappa shape index (κ1) is 9.05. The largest absolute Gasteiger partial charge is 0.328 e. The lowest BCUT2D eigenvalue weighted by atomic mass is 9.71. The Morgan fingerprint density at radius 1 is 1.18 bits per heavy atom. The second-order valence-electron chi connectivity index (χ2n) is 4.99. The molecule has 1 saturated carbocycles. The van der Waals surface area contributed by atoms with Crippen LogP contribution < -0.4 is 5.73 Å². The molecule has 0 amide bonds. The number of rotatable bonds is 0. The van der Waals surface area contributed by atoms with Gasteiger partial charge in [0.25, 0.3) is 0 Å². The quantitative estimate of drug-likeness (QED) is 0.571. The van der Waals surface area contributed by atoms with E-state index in [0.717, 1.165) is 5.92 Å². The van der Waals surface area contributed by atoms with Crippen LogP contribution >= 0.6 is 0 Å². The first-order chi connectivity index (χ1) is 5.00. The third kappa shape index (κ3) is 2.48. The summed E-state index contributed by atoms with van der Waals surface area (Å²) in [5, 5.41) is 0. The molecule has 1 aliphatic rings. The Hall–Kier alpha value is -0.0400. The van der Waals surface area contributed by atoms with E-state index in [1.54, 1.807) is 0 Å². The molecule has 0 spiro atoms. The number of hydrogen-bond donors (Lipinski definition) is 1. The molecule has 66 valence electrons. The summed E-state index contributed by atoms with van der Waals surface area (Å²) in [6, 6.07) is 0.480. The van der Waals surface area contributed by atoms with Crippen molar-refractivity contribution in [3.63, 3.8) is 0 Å². The van der Waals surface area contributed by atoms with Gasteiger partial charge >= 0.3 is 0 Å². The molecule has 0 saturated heterocycles. The first-order valence-corrected chi connectivity index (χ1v) is 4.76. The molecule has 2 N–H and O–H groups in total. The van der Waals surface area contributed by atoms with Gasteiger partial charge in [0, 0.05) is 6.04 Å². The predicted octanol–water partition coefficient (Wildman–Crippen LogP) is 2.55. The van der Waals surface area contributed by atoms with Crippen LogP contribution in [0.3, 0.4) is 0 Å². The van der Waals surface area contributed by atoms with E-state index in [4.69, 9.17) is 5.73 Å². The summed E-state index contributed by atoms with van der Waals surface area (Å²) < 4.78 is 0. The molecule has 1 heteroatoms. The van der Waals surface area contributed by atoms with Crippen LogP contribution in [0.2, 0.25) is 0 Å². The van der Waals surface area contributed by atoms with Crippen molar-refractivity contribution < 1.29 is 0 Å². The molecule has 0 aromatic heterocycles. The molecule has 1 fully saturated rings. The van der Waals surface area contributed by atoms with E-state index in [1.807, 2.05) is 0 Å². The Kier molecular flexibility index (Phi) is 2.58. The zero-order valence-electron chi connectivity index (χ0n) is 8.06. The van der Waals surface area contributed by atoms with E-state index in [0.29, 0.717) is 11.5 Å². The standard InChI is InChI=1S/C10H21N/c1-10(2,3)8-5-4-6-9(11)7-8/h8-9H,4-7,11H2,1-3H3/t8-,9+/m0/s1. The molecule has 11 heavy (non-hydrogen) atoms. The van der Waals surface area contributed by atoms with Gasteiger partial charge in [0.15, 0.2) is 0 Å². The minimum atomic E-state index is 0.470. The topological polar surface area (TPSA) is 26.0 Å². The molecule has 0 aliphatic heterocycles. The molecule has 1 rings (SSSR count). The van der Waals surface area contributed by atoms with Gasteiger partial charge < -0.3 is 5.73 Å². The van der Waals surface area contributed by atoms with E-state index < -0.39 is 0 Å². The van der Waals surface area contributed by atoms with Gasteiger partial charge in [0.05, 0.1) is 0 Å². The Balaban J connectivity index is 2.46. The fraction of sp³-hybridized carbons (Fsp3) is 1.00. The summed E-state index contributed by atoms with van der Waals surface area (Å²) in [6.07, 6.45) is 5.20. The molecule has 2 atom stereocenters. The summed E-state index contributed by atoms with van der Waals surface area (Å²) in [6.45, 7) is 6.99. The maximum Gasteiger partial charge on any atom is 0.00416 e. The molecule has 0 radical (unpaired) electrons. The van der Waals surface area contributed by atoms with Gasteiger partial charge in [0.2, 0.25) is 0 Å². The summed E-state index contributed by atoms with van der Waals surface area (Å²) in [4.78, 5) is 0. The van der Waals surface area contributed by atoms with Crippen LogP contribution in [0, 0.1) is 11.3 Å². The van der Waals surface area contributed by atoms with Gasteiger partial charge in [-0.2, -0.15) is 0 Å². The van der Waals surface area contributed by atoms with Crippen LogP contribution in [0.25, 0.3) is 0 Å². The fourth-order valence-electron chi connectivity index (χ4n) is 2.01. The second-order valence-corrected chi connectivity index (χ2v) is 4.99. The van der Waals surface area contributed by atoms with E-state index in [-0.39, 0.29) is 0 Å². The monoisotopic (exact) mass is 155 g/mol. The van der Waals surface area contributed by atoms with Crippen LogP contribution in [0.5, 0.6) is 0 Å². The summed E-state index contributed by atoms with van der Waals surface area (Å²) in [5.41, 5.74) is 6.39. The average Bonchev–Trinajstić information content (AvgIpc) is 1.86. The normalized spacial score (nSPS) is 33.8. The fourth-order valence-corrected chi connectivity index (χ4v) is 2.01. The number of hydrogen-bond acceptors (Lipinski definition) is 1. The van der Waals surface area contributed by atoms with Crippen LogP contribution in [0.1, 0.15) is 46.5 Å². The molecule has 0 unspecified atom stereocenters. The Morgan fingerprint density at radius 3 is 2.18 bits per heavy atom. The Morgan fingerprint density at radius 2 is 1.82 bits per heavy atom. The van der Waals surface area contributed by atoms with E-state index in [9.17, 15) is 0 Å². The maximum atomic E-state index is 5.92.